The Morgan fingerprint density at radius 1 is 0.920 bits per heavy atom. The van der Waals surface area contributed by atoms with Gasteiger partial charge in [-0.2, -0.15) is 0 Å². The van der Waals surface area contributed by atoms with E-state index in [4.69, 9.17) is 4.74 Å². The fourth-order valence-electron chi connectivity index (χ4n) is 2.14. The minimum absolute atomic E-state index is 0.199. The molecule has 6 heteroatoms. The number of pyridine rings is 1. The Balaban J connectivity index is 1.55. The number of nitrogens with zero attached hydrogens (tertiary/aromatic N) is 1. The quantitative estimate of drug-likeness (QED) is 0.762. The van der Waals surface area contributed by atoms with Gasteiger partial charge >= 0.3 is 0 Å². The van der Waals surface area contributed by atoms with Crippen LogP contribution in [0.2, 0.25) is 0 Å². The molecule has 1 N–H and O–H groups in total. The lowest BCUT2D eigenvalue weighted by atomic mass is 10.1. The largest absolute Gasteiger partial charge is 0.482 e. The van der Waals surface area contributed by atoms with Crippen molar-refractivity contribution in [3.8, 4) is 17.0 Å². The fraction of sp³-hybridized carbons (Fsp3) is 0.0526. The summed E-state index contributed by atoms with van der Waals surface area (Å²) in [5.74, 6) is -0.619. The van der Waals surface area contributed by atoms with Crippen molar-refractivity contribution >= 4 is 11.6 Å². The number of benzene rings is 2. The minimum Gasteiger partial charge on any atom is -0.482 e. The van der Waals surface area contributed by atoms with Crippen molar-refractivity contribution in [3.63, 3.8) is 0 Å². The lowest BCUT2D eigenvalue weighted by Gasteiger charge is -2.08. The average molecular weight is 340 g/mol. The summed E-state index contributed by atoms with van der Waals surface area (Å²) in [5.41, 5.74) is 1.94. The van der Waals surface area contributed by atoms with Gasteiger partial charge in [0.2, 0.25) is 0 Å². The van der Waals surface area contributed by atoms with E-state index < -0.39 is 0 Å². The van der Waals surface area contributed by atoms with E-state index in [1.165, 1.54) is 42.6 Å². The summed E-state index contributed by atoms with van der Waals surface area (Å²) in [6, 6.07) is 14.8. The maximum atomic E-state index is 12.9. The topological polar surface area (TPSA) is 51.2 Å². The molecule has 0 aliphatic carbocycles. The number of ether oxygens (including phenoxy) is 1. The first-order chi connectivity index (χ1) is 12.1. The second-order valence-electron chi connectivity index (χ2n) is 5.23. The molecule has 0 bridgehead atoms. The van der Waals surface area contributed by atoms with E-state index in [0.717, 1.165) is 5.56 Å². The third kappa shape index (κ3) is 4.60. The zero-order valence-corrected chi connectivity index (χ0v) is 13.1. The van der Waals surface area contributed by atoms with Crippen molar-refractivity contribution in [2.45, 2.75) is 0 Å². The number of anilines is 1. The molecule has 0 fully saturated rings. The number of carbonyl (C=O) groups is 1. The lowest BCUT2D eigenvalue weighted by Crippen LogP contribution is -2.20. The molecule has 126 valence electrons. The third-order valence-corrected chi connectivity index (χ3v) is 3.37. The van der Waals surface area contributed by atoms with Gasteiger partial charge < -0.3 is 10.1 Å². The van der Waals surface area contributed by atoms with Gasteiger partial charge in [-0.3, -0.25) is 9.78 Å². The molecular weight excluding hydrogens is 326 g/mol. The number of carbonyl (C=O) groups excluding carboxylic acids is 1. The monoisotopic (exact) mass is 340 g/mol. The van der Waals surface area contributed by atoms with Crippen LogP contribution in [0.3, 0.4) is 0 Å². The molecule has 0 saturated heterocycles. The van der Waals surface area contributed by atoms with Gasteiger partial charge in [0.1, 0.15) is 17.4 Å². The smallest absolute Gasteiger partial charge is 0.262 e. The summed E-state index contributed by atoms with van der Waals surface area (Å²) >= 11 is 0. The summed E-state index contributed by atoms with van der Waals surface area (Å²) < 4.78 is 31.1. The molecule has 2 aromatic carbocycles. The molecular formula is C19H14F2N2O2. The van der Waals surface area contributed by atoms with Gasteiger partial charge in [0.25, 0.3) is 5.91 Å². The Labute approximate surface area is 143 Å². The maximum Gasteiger partial charge on any atom is 0.262 e. The van der Waals surface area contributed by atoms with E-state index in [0.29, 0.717) is 17.1 Å². The molecule has 4 nitrogen and oxygen atoms in total. The highest BCUT2D eigenvalue weighted by atomic mass is 19.1. The van der Waals surface area contributed by atoms with Crippen LogP contribution in [-0.2, 0) is 4.79 Å². The minimum atomic E-state index is -0.374. The second-order valence-corrected chi connectivity index (χ2v) is 5.23. The summed E-state index contributed by atoms with van der Waals surface area (Å²) in [7, 11) is 0. The Bertz CT molecular complexity index is 848. The molecule has 0 atom stereocenters. The Hall–Kier alpha value is -3.28. The van der Waals surface area contributed by atoms with Crippen molar-refractivity contribution in [1.82, 2.24) is 4.98 Å². The van der Waals surface area contributed by atoms with E-state index in [1.54, 1.807) is 24.3 Å². The predicted molar refractivity (Wildman–Crippen MR) is 90.2 cm³/mol. The summed E-state index contributed by atoms with van der Waals surface area (Å²) in [6.45, 7) is -0.199. The van der Waals surface area contributed by atoms with Gasteiger partial charge in [-0.1, -0.05) is 0 Å². The zero-order chi connectivity index (χ0) is 17.6. The zero-order valence-electron chi connectivity index (χ0n) is 13.1. The molecule has 3 aromatic rings. The predicted octanol–water partition coefficient (Wildman–Crippen LogP) is 4.04. The highest BCUT2D eigenvalue weighted by Gasteiger charge is 2.05. The highest BCUT2D eigenvalue weighted by molar-refractivity contribution is 5.91. The summed E-state index contributed by atoms with van der Waals surface area (Å²) in [5, 5.41) is 2.60. The summed E-state index contributed by atoms with van der Waals surface area (Å²) in [4.78, 5) is 16.0. The SMILES string of the molecule is O=C(COc1ccc(-c2ccc(F)cc2)nc1)Nc1ccc(F)cc1. The van der Waals surface area contributed by atoms with Crippen molar-refractivity contribution in [2.24, 2.45) is 0 Å². The molecule has 0 aliphatic rings. The standard InChI is InChI=1S/C19H14F2N2O2/c20-14-3-1-13(2-4-14)18-10-9-17(11-22-18)25-12-19(24)23-16-7-5-15(21)6-8-16/h1-11H,12H2,(H,23,24). The number of nitrogens with one attached hydrogen (secondary N) is 1. The van der Waals surface area contributed by atoms with Crippen molar-refractivity contribution in [3.05, 3.63) is 78.5 Å². The van der Waals surface area contributed by atoms with Crippen LogP contribution < -0.4 is 10.1 Å². The number of hydrogen-bond donors (Lipinski definition) is 1. The van der Waals surface area contributed by atoms with E-state index >= 15 is 0 Å². The van der Waals surface area contributed by atoms with Crippen LogP contribution in [0.15, 0.2) is 66.9 Å². The number of aromatic nitrogens is 1. The first-order valence-electron chi connectivity index (χ1n) is 7.50. The number of amides is 1. The maximum absolute atomic E-state index is 12.9. The Morgan fingerprint density at radius 3 is 2.16 bits per heavy atom. The van der Waals surface area contributed by atoms with E-state index in [1.807, 2.05) is 0 Å². The van der Waals surface area contributed by atoms with Gasteiger partial charge in [-0.05, 0) is 60.7 Å². The molecule has 0 aliphatic heterocycles. The average Bonchev–Trinajstić information content (AvgIpc) is 2.63. The Kier molecular flexibility index (Phi) is 4.99. The number of rotatable bonds is 5. The normalized spacial score (nSPS) is 10.3. The highest BCUT2D eigenvalue weighted by Crippen LogP contribution is 2.19. The molecule has 3 rings (SSSR count). The first-order valence-corrected chi connectivity index (χ1v) is 7.50. The van der Waals surface area contributed by atoms with E-state index in [-0.39, 0.29) is 24.1 Å². The van der Waals surface area contributed by atoms with E-state index in [9.17, 15) is 13.6 Å². The van der Waals surface area contributed by atoms with Crippen LogP contribution in [0.4, 0.5) is 14.5 Å². The first kappa shape index (κ1) is 16.6. The van der Waals surface area contributed by atoms with Gasteiger partial charge in [-0.25, -0.2) is 8.78 Å². The van der Waals surface area contributed by atoms with Gasteiger partial charge in [0, 0.05) is 11.3 Å². The number of halogens is 2. The van der Waals surface area contributed by atoms with Crippen LogP contribution in [-0.4, -0.2) is 17.5 Å². The molecule has 1 amide bonds. The van der Waals surface area contributed by atoms with Crippen molar-refractivity contribution < 1.29 is 18.3 Å². The van der Waals surface area contributed by atoms with Crippen molar-refractivity contribution in [2.75, 3.05) is 11.9 Å². The van der Waals surface area contributed by atoms with Gasteiger partial charge in [0.05, 0.1) is 11.9 Å². The molecule has 0 radical (unpaired) electrons. The molecule has 1 aromatic heterocycles. The van der Waals surface area contributed by atoms with Crippen LogP contribution in [0.1, 0.15) is 0 Å². The van der Waals surface area contributed by atoms with Crippen LogP contribution >= 0.6 is 0 Å². The molecule has 25 heavy (non-hydrogen) atoms. The third-order valence-electron chi connectivity index (χ3n) is 3.37. The summed E-state index contributed by atoms with van der Waals surface area (Å²) in [6.07, 6.45) is 1.49. The number of hydrogen-bond acceptors (Lipinski definition) is 3. The van der Waals surface area contributed by atoms with E-state index in [2.05, 4.69) is 10.3 Å². The lowest BCUT2D eigenvalue weighted by molar-refractivity contribution is -0.118. The molecule has 0 saturated carbocycles. The van der Waals surface area contributed by atoms with Crippen LogP contribution in [0.5, 0.6) is 5.75 Å². The van der Waals surface area contributed by atoms with Crippen LogP contribution in [0, 0.1) is 11.6 Å². The fourth-order valence-corrected chi connectivity index (χ4v) is 2.14. The molecule has 0 unspecified atom stereocenters. The Morgan fingerprint density at radius 2 is 1.56 bits per heavy atom. The van der Waals surface area contributed by atoms with Gasteiger partial charge in [0.15, 0.2) is 6.61 Å². The van der Waals surface area contributed by atoms with Crippen LogP contribution in [0.25, 0.3) is 11.3 Å². The second kappa shape index (κ2) is 7.53. The van der Waals surface area contributed by atoms with Gasteiger partial charge in [-0.15, -0.1) is 0 Å². The van der Waals surface area contributed by atoms with Crippen molar-refractivity contribution in [1.29, 1.82) is 0 Å². The molecule has 1 heterocycles. The molecule has 0 spiro atoms.